The maximum atomic E-state index is 12.7. The third-order valence-electron chi connectivity index (χ3n) is 6.98. The van der Waals surface area contributed by atoms with E-state index in [1.165, 1.54) is 0 Å². The standard InChI is InChI=1S/C24H34ClN3O4/c1-31-21-5-4-18(25)15-20(21)23(29)26-19-8-10-27(11-9-19)16-17-6-12-28(13-7-17)24(30)22-3-2-14-32-22/h4-5,15,17,19,22H,2-3,6-14,16H2,1H3,(H,26,29). The molecule has 0 aromatic heterocycles. The van der Waals surface area contributed by atoms with Crippen molar-refractivity contribution in [2.24, 2.45) is 5.92 Å². The SMILES string of the molecule is COc1ccc(Cl)cc1C(=O)NC1CCN(CC2CCN(C(=O)C3CCCO3)CC2)CC1. The van der Waals surface area contributed by atoms with Gasteiger partial charge in [0, 0.05) is 50.4 Å². The first kappa shape index (κ1) is 23.3. The number of likely N-dealkylation sites (tertiary alicyclic amines) is 2. The van der Waals surface area contributed by atoms with Gasteiger partial charge in [-0.25, -0.2) is 0 Å². The molecule has 8 heteroatoms. The summed E-state index contributed by atoms with van der Waals surface area (Å²) in [5, 5.41) is 3.67. The van der Waals surface area contributed by atoms with E-state index >= 15 is 0 Å². The summed E-state index contributed by atoms with van der Waals surface area (Å²) in [6, 6.07) is 5.26. The number of halogens is 1. The van der Waals surface area contributed by atoms with E-state index < -0.39 is 0 Å². The average molecular weight is 464 g/mol. The summed E-state index contributed by atoms with van der Waals surface area (Å²) in [7, 11) is 1.56. The molecule has 1 atom stereocenters. The van der Waals surface area contributed by atoms with Gasteiger partial charge in [0.25, 0.3) is 11.8 Å². The van der Waals surface area contributed by atoms with Gasteiger partial charge in [-0.05, 0) is 62.6 Å². The van der Waals surface area contributed by atoms with Gasteiger partial charge in [-0.3, -0.25) is 9.59 Å². The highest BCUT2D eigenvalue weighted by atomic mass is 35.5. The van der Waals surface area contributed by atoms with E-state index in [1.807, 2.05) is 4.90 Å². The van der Waals surface area contributed by atoms with Crippen LogP contribution < -0.4 is 10.1 Å². The van der Waals surface area contributed by atoms with E-state index in [4.69, 9.17) is 21.1 Å². The molecule has 32 heavy (non-hydrogen) atoms. The first-order chi connectivity index (χ1) is 15.5. The lowest BCUT2D eigenvalue weighted by Gasteiger charge is -2.38. The van der Waals surface area contributed by atoms with Crippen molar-refractivity contribution in [2.75, 3.05) is 46.4 Å². The minimum atomic E-state index is -0.201. The molecule has 3 fully saturated rings. The zero-order valence-electron chi connectivity index (χ0n) is 18.9. The minimum absolute atomic E-state index is 0.133. The zero-order chi connectivity index (χ0) is 22.5. The van der Waals surface area contributed by atoms with Gasteiger partial charge >= 0.3 is 0 Å². The van der Waals surface area contributed by atoms with E-state index in [9.17, 15) is 9.59 Å². The molecule has 3 aliphatic heterocycles. The Morgan fingerprint density at radius 3 is 2.53 bits per heavy atom. The molecule has 1 aromatic rings. The van der Waals surface area contributed by atoms with Crippen molar-refractivity contribution in [3.05, 3.63) is 28.8 Å². The molecule has 2 amide bonds. The maximum absolute atomic E-state index is 12.7. The minimum Gasteiger partial charge on any atom is -0.496 e. The number of nitrogens with zero attached hydrogens (tertiary/aromatic N) is 2. The van der Waals surface area contributed by atoms with Gasteiger partial charge in [0.2, 0.25) is 0 Å². The van der Waals surface area contributed by atoms with Crippen molar-refractivity contribution in [1.29, 1.82) is 0 Å². The third kappa shape index (κ3) is 5.74. The van der Waals surface area contributed by atoms with E-state index in [1.54, 1.807) is 25.3 Å². The Hall–Kier alpha value is -1.83. The molecule has 3 heterocycles. The molecule has 0 bridgehead atoms. The molecule has 0 spiro atoms. The van der Waals surface area contributed by atoms with Crippen molar-refractivity contribution in [1.82, 2.24) is 15.1 Å². The zero-order valence-corrected chi connectivity index (χ0v) is 19.6. The Morgan fingerprint density at radius 2 is 1.88 bits per heavy atom. The normalized spacial score (nSPS) is 23.3. The summed E-state index contributed by atoms with van der Waals surface area (Å²) in [5.74, 6) is 1.22. The van der Waals surface area contributed by atoms with Gasteiger partial charge in [-0.15, -0.1) is 0 Å². The number of hydrogen-bond donors (Lipinski definition) is 1. The molecule has 7 nitrogen and oxygen atoms in total. The van der Waals surface area contributed by atoms with Crippen molar-refractivity contribution < 1.29 is 19.1 Å². The monoisotopic (exact) mass is 463 g/mol. The summed E-state index contributed by atoms with van der Waals surface area (Å²) in [6.45, 7) is 5.44. The van der Waals surface area contributed by atoms with E-state index in [-0.39, 0.29) is 24.0 Å². The quantitative estimate of drug-likeness (QED) is 0.702. The summed E-state index contributed by atoms with van der Waals surface area (Å²) in [4.78, 5) is 29.7. The first-order valence-electron chi connectivity index (χ1n) is 11.8. The van der Waals surface area contributed by atoms with Crippen molar-refractivity contribution in [2.45, 2.75) is 50.7 Å². The number of hydrogen-bond acceptors (Lipinski definition) is 5. The van der Waals surface area contributed by atoms with Crippen LogP contribution in [0.5, 0.6) is 5.75 Å². The number of rotatable bonds is 6. The van der Waals surface area contributed by atoms with Crippen LogP contribution in [0.15, 0.2) is 18.2 Å². The average Bonchev–Trinajstić information content (AvgIpc) is 3.35. The molecular weight excluding hydrogens is 430 g/mol. The second kappa shape index (κ2) is 10.9. The Labute approximate surface area is 195 Å². The molecule has 0 radical (unpaired) electrons. The Morgan fingerprint density at radius 1 is 1.12 bits per heavy atom. The van der Waals surface area contributed by atoms with Crippen LogP contribution in [0, 0.1) is 5.92 Å². The number of methoxy groups -OCH3 is 1. The highest BCUT2D eigenvalue weighted by Crippen LogP contribution is 2.25. The topological polar surface area (TPSA) is 71.1 Å². The van der Waals surface area contributed by atoms with E-state index in [0.717, 1.165) is 77.9 Å². The van der Waals surface area contributed by atoms with Gasteiger partial charge < -0.3 is 24.6 Å². The van der Waals surface area contributed by atoms with E-state index in [2.05, 4.69) is 10.2 Å². The Kier molecular flexibility index (Phi) is 7.92. The van der Waals surface area contributed by atoms with Crippen LogP contribution in [-0.2, 0) is 9.53 Å². The molecule has 1 N–H and O–H groups in total. The van der Waals surface area contributed by atoms with Crippen LogP contribution >= 0.6 is 11.6 Å². The van der Waals surface area contributed by atoms with Crippen LogP contribution in [0.3, 0.4) is 0 Å². The smallest absolute Gasteiger partial charge is 0.255 e. The molecule has 176 valence electrons. The number of benzene rings is 1. The predicted molar refractivity (Wildman–Crippen MR) is 123 cm³/mol. The molecule has 1 unspecified atom stereocenters. The lowest BCUT2D eigenvalue weighted by atomic mass is 9.94. The molecule has 0 saturated carbocycles. The molecule has 3 aliphatic rings. The number of carbonyl (C=O) groups is 2. The van der Waals surface area contributed by atoms with Crippen LogP contribution in [0.2, 0.25) is 5.02 Å². The van der Waals surface area contributed by atoms with Crippen molar-refractivity contribution in [3.8, 4) is 5.75 Å². The fraction of sp³-hybridized carbons (Fsp3) is 0.667. The van der Waals surface area contributed by atoms with Gasteiger partial charge in [0.05, 0.1) is 12.7 Å². The molecule has 4 rings (SSSR count). The largest absolute Gasteiger partial charge is 0.496 e. The second-order valence-corrected chi connectivity index (χ2v) is 9.60. The van der Waals surface area contributed by atoms with Gasteiger partial charge in [-0.2, -0.15) is 0 Å². The number of piperidine rings is 2. The second-order valence-electron chi connectivity index (χ2n) is 9.16. The lowest BCUT2D eigenvalue weighted by molar-refractivity contribution is -0.142. The Bertz CT molecular complexity index is 798. The molecule has 3 saturated heterocycles. The lowest BCUT2D eigenvalue weighted by Crippen LogP contribution is -2.48. The maximum Gasteiger partial charge on any atom is 0.255 e. The summed E-state index contributed by atoms with van der Waals surface area (Å²) >= 11 is 6.06. The van der Waals surface area contributed by atoms with Crippen molar-refractivity contribution in [3.63, 3.8) is 0 Å². The van der Waals surface area contributed by atoms with Crippen molar-refractivity contribution >= 4 is 23.4 Å². The van der Waals surface area contributed by atoms with Gasteiger partial charge in [0.15, 0.2) is 0 Å². The molecule has 0 aliphatic carbocycles. The predicted octanol–water partition coefficient (Wildman–Crippen LogP) is 2.96. The summed E-state index contributed by atoms with van der Waals surface area (Å²) in [5.41, 5.74) is 0.478. The number of amides is 2. The summed E-state index contributed by atoms with van der Waals surface area (Å²) < 4.78 is 10.9. The fourth-order valence-electron chi connectivity index (χ4n) is 5.06. The first-order valence-corrected chi connectivity index (χ1v) is 12.2. The Balaban J connectivity index is 1.18. The van der Waals surface area contributed by atoms with Gasteiger partial charge in [0.1, 0.15) is 11.9 Å². The highest BCUT2D eigenvalue weighted by molar-refractivity contribution is 6.31. The third-order valence-corrected chi connectivity index (χ3v) is 7.21. The van der Waals surface area contributed by atoms with Crippen LogP contribution in [-0.4, -0.2) is 80.2 Å². The van der Waals surface area contributed by atoms with Crippen LogP contribution in [0.25, 0.3) is 0 Å². The fourth-order valence-corrected chi connectivity index (χ4v) is 5.23. The number of nitrogens with one attached hydrogen (secondary N) is 1. The van der Waals surface area contributed by atoms with Crippen LogP contribution in [0.4, 0.5) is 0 Å². The number of ether oxygens (including phenoxy) is 2. The highest BCUT2D eigenvalue weighted by Gasteiger charge is 2.32. The van der Waals surface area contributed by atoms with Gasteiger partial charge in [-0.1, -0.05) is 11.6 Å². The number of carbonyl (C=O) groups excluding carboxylic acids is 2. The van der Waals surface area contributed by atoms with Crippen LogP contribution in [0.1, 0.15) is 48.9 Å². The summed E-state index contributed by atoms with van der Waals surface area (Å²) in [6.07, 6.45) is 5.65. The van der Waals surface area contributed by atoms with E-state index in [0.29, 0.717) is 22.3 Å². The molecule has 1 aromatic carbocycles. The molecular formula is C24H34ClN3O4.